The summed E-state index contributed by atoms with van der Waals surface area (Å²) in [6, 6.07) is 4.83. The summed E-state index contributed by atoms with van der Waals surface area (Å²) >= 11 is 5.29. The van der Waals surface area contributed by atoms with E-state index in [0.29, 0.717) is 12.0 Å². The Hall–Kier alpha value is -0.580. The molecule has 1 N–H and O–H groups in total. The van der Waals surface area contributed by atoms with Gasteiger partial charge in [0.25, 0.3) is 0 Å². The molecule has 2 rings (SSSR count). The lowest BCUT2D eigenvalue weighted by Crippen LogP contribution is -2.21. The average molecular weight is 327 g/mol. The minimum absolute atomic E-state index is 0.432. The molecule has 18 heavy (non-hydrogen) atoms. The average Bonchev–Trinajstić information content (AvgIpc) is 2.90. The zero-order valence-corrected chi connectivity index (χ0v) is 13.4. The zero-order chi connectivity index (χ0) is 13.1. The Bertz CT molecular complexity index is 501. The fourth-order valence-electron chi connectivity index (χ4n) is 2.24. The Morgan fingerprint density at radius 2 is 2.22 bits per heavy atom. The van der Waals surface area contributed by atoms with Crippen molar-refractivity contribution in [1.29, 1.82) is 0 Å². The Kier molecular flexibility index (Phi) is 4.65. The molecule has 2 aromatic rings. The lowest BCUT2D eigenvalue weighted by molar-refractivity contribution is 0.443. The van der Waals surface area contributed by atoms with Crippen LogP contribution in [0.2, 0.25) is 0 Å². The summed E-state index contributed by atoms with van der Waals surface area (Å²) in [5, 5.41) is 5.51. The van der Waals surface area contributed by atoms with Gasteiger partial charge in [0.1, 0.15) is 0 Å². The van der Waals surface area contributed by atoms with Crippen LogP contribution in [0, 0.1) is 5.92 Å². The van der Waals surface area contributed by atoms with Gasteiger partial charge in [0.05, 0.1) is 6.54 Å². The predicted molar refractivity (Wildman–Crippen MR) is 82.2 cm³/mol. The van der Waals surface area contributed by atoms with Crippen LogP contribution < -0.4 is 5.32 Å². The minimum Gasteiger partial charge on any atom is -0.349 e. The molecule has 2 aromatic heterocycles. The maximum Gasteiger partial charge on any atom is 0.0564 e. The summed E-state index contributed by atoms with van der Waals surface area (Å²) in [5.41, 5.74) is 1.36. The maximum atomic E-state index is 3.50. The van der Waals surface area contributed by atoms with Gasteiger partial charge in [-0.3, -0.25) is 0 Å². The third kappa shape index (κ3) is 3.25. The van der Waals surface area contributed by atoms with Crippen LogP contribution in [0.1, 0.15) is 30.3 Å². The van der Waals surface area contributed by atoms with Gasteiger partial charge in [-0.2, -0.15) is 0 Å². The topological polar surface area (TPSA) is 17.0 Å². The summed E-state index contributed by atoms with van der Waals surface area (Å²) in [6.07, 6.45) is 4.41. The Morgan fingerprint density at radius 3 is 2.78 bits per heavy atom. The molecule has 0 saturated carbocycles. The normalized spacial score (nSPS) is 13.2. The van der Waals surface area contributed by atoms with E-state index in [2.05, 4.69) is 69.6 Å². The lowest BCUT2D eigenvalue weighted by Gasteiger charge is -2.18. The van der Waals surface area contributed by atoms with Gasteiger partial charge in [0.2, 0.25) is 0 Å². The van der Waals surface area contributed by atoms with Crippen molar-refractivity contribution >= 4 is 27.3 Å². The second kappa shape index (κ2) is 6.04. The first kappa shape index (κ1) is 13.8. The molecule has 0 spiro atoms. The summed E-state index contributed by atoms with van der Waals surface area (Å²) in [6.45, 7) is 5.44. The van der Waals surface area contributed by atoms with E-state index in [1.807, 2.05) is 7.05 Å². The zero-order valence-electron chi connectivity index (χ0n) is 11.0. The molecular weight excluding hydrogens is 308 g/mol. The smallest absolute Gasteiger partial charge is 0.0564 e. The van der Waals surface area contributed by atoms with E-state index in [9.17, 15) is 0 Å². The van der Waals surface area contributed by atoms with E-state index in [1.54, 1.807) is 11.3 Å². The summed E-state index contributed by atoms with van der Waals surface area (Å²) in [7, 11) is 2.03. The predicted octanol–water partition coefficient (Wildman–Crippen LogP) is 4.28. The number of nitrogens with one attached hydrogen (secondary N) is 1. The summed E-state index contributed by atoms with van der Waals surface area (Å²) in [5.74, 6) is 0.599. The number of hydrogen-bond donors (Lipinski definition) is 1. The molecular formula is C14H19BrN2S. The lowest BCUT2D eigenvalue weighted by atomic mass is 9.99. The van der Waals surface area contributed by atoms with Crippen LogP contribution in [0.15, 0.2) is 34.4 Å². The number of hydrogen-bond acceptors (Lipinski definition) is 2. The van der Waals surface area contributed by atoms with Crippen LogP contribution in [0.25, 0.3) is 0 Å². The molecule has 0 fully saturated rings. The SMILES string of the molecule is CNC(c1ccn(Cc2cc(Br)cs2)c1)C(C)C. The van der Waals surface area contributed by atoms with E-state index in [4.69, 9.17) is 0 Å². The fraction of sp³-hybridized carbons (Fsp3) is 0.429. The van der Waals surface area contributed by atoms with Gasteiger partial charge in [-0.05, 0) is 46.6 Å². The minimum atomic E-state index is 0.432. The van der Waals surface area contributed by atoms with Crippen molar-refractivity contribution in [2.24, 2.45) is 5.92 Å². The van der Waals surface area contributed by atoms with E-state index >= 15 is 0 Å². The summed E-state index contributed by atoms with van der Waals surface area (Å²) < 4.78 is 3.42. The van der Waals surface area contributed by atoms with Crippen LogP contribution in [0.5, 0.6) is 0 Å². The molecule has 0 radical (unpaired) electrons. The maximum absolute atomic E-state index is 3.50. The van der Waals surface area contributed by atoms with Crippen molar-refractivity contribution in [1.82, 2.24) is 9.88 Å². The van der Waals surface area contributed by atoms with Gasteiger partial charge in [0, 0.05) is 33.2 Å². The van der Waals surface area contributed by atoms with Crippen LogP contribution >= 0.6 is 27.3 Å². The molecule has 1 atom stereocenters. The highest BCUT2D eigenvalue weighted by Crippen LogP contribution is 2.24. The highest BCUT2D eigenvalue weighted by atomic mass is 79.9. The Labute approximate surface area is 121 Å². The van der Waals surface area contributed by atoms with Crippen LogP contribution in [0.3, 0.4) is 0 Å². The van der Waals surface area contributed by atoms with Crippen LogP contribution in [-0.2, 0) is 6.54 Å². The molecule has 0 amide bonds. The molecule has 0 aromatic carbocycles. The fourth-order valence-corrected chi connectivity index (χ4v) is 3.70. The molecule has 4 heteroatoms. The van der Waals surface area contributed by atoms with E-state index in [-0.39, 0.29) is 0 Å². The number of halogens is 1. The van der Waals surface area contributed by atoms with Crippen molar-refractivity contribution in [3.05, 3.63) is 44.8 Å². The monoisotopic (exact) mass is 326 g/mol. The van der Waals surface area contributed by atoms with E-state index in [0.717, 1.165) is 6.54 Å². The quantitative estimate of drug-likeness (QED) is 0.867. The first-order valence-electron chi connectivity index (χ1n) is 6.16. The number of aromatic nitrogens is 1. The van der Waals surface area contributed by atoms with Crippen molar-refractivity contribution in [3.8, 4) is 0 Å². The molecule has 0 aliphatic heterocycles. The van der Waals surface area contributed by atoms with Gasteiger partial charge in [-0.1, -0.05) is 13.8 Å². The second-order valence-corrected chi connectivity index (χ2v) is 6.77. The largest absolute Gasteiger partial charge is 0.349 e. The van der Waals surface area contributed by atoms with Crippen molar-refractivity contribution in [3.63, 3.8) is 0 Å². The highest BCUT2D eigenvalue weighted by molar-refractivity contribution is 9.10. The van der Waals surface area contributed by atoms with E-state index < -0.39 is 0 Å². The molecule has 0 saturated heterocycles. The van der Waals surface area contributed by atoms with Gasteiger partial charge in [0.15, 0.2) is 0 Å². The number of thiophene rings is 1. The van der Waals surface area contributed by atoms with E-state index in [1.165, 1.54) is 14.9 Å². The van der Waals surface area contributed by atoms with Gasteiger partial charge in [-0.25, -0.2) is 0 Å². The van der Waals surface area contributed by atoms with Gasteiger partial charge < -0.3 is 9.88 Å². The third-order valence-electron chi connectivity index (χ3n) is 3.07. The molecule has 0 aliphatic rings. The number of nitrogens with zero attached hydrogens (tertiary/aromatic N) is 1. The molecule has 2 nitrogen and oxygen atoms in total. The Balaban J connectivity index is 2.10. The molecule has 0 aliphatic carbocycles. The van der Waals surface area contributed by atoms with Crippen LogP contribution in [0.4, 0.5) is 0 Å². The van der Waals surface area contributed by atoms with Gasteiger partial charge in [-0.15, -0.1) is 11.3 Å². The number of rotatable bonds is 5. The molecule has 98 valence electrons. The first-order valence-corrected chi connectivity index (χ1v) is 7.83. The molecule has 0 bridgehead atoms. The standard InChI is InChI=1S/C14H19BrN2S/c1-10(2)14(16-3)11-4-5-17(7-11)8-13-6-12(15)9-18-13/h4-7,9-10,14,16H,8H2,1-3H3. The van der Waals surface area contributed by atoms with Crippen molar-refractivity contribution in [2.45, 2.75) is 26.4 Å². The first-order chi connectivity index (χ1) is 8.60. The second-order valence-electron chi connectivity index (χ2n) is 4.86. The molecule has 1 unspecified atom stereocenters. The van der Waals surface area contributed by atoms with Crippen LogP contribution in [-0.4, -0.2) is 11.6 Å². The van der Waals surface area contributed by atoms with Gasteiger partial charge >= 0.3 is 0 Å². The summed E-state index contributed by atoms with van der Waals surface area (Å²) in [4.78, 5) is 1.37. The third-order valence-corrected chi connectivity index (χ3v) is 4.75. The van der Waals surface area contributed by atoms with Crippen molar-refractivity contribution in [2.75, 3.05) is 7.05 Å². The van der Waals surface area contributed by atoms with Crippen molar-refractivity contribution < 1.29 is 0 Å². The highest BCUT2D eigenvalue weighted by Gasteiger charge is 2.14. The Morgan fingerprint density at radius 1 is 1.44 bits per heavy atom. The molecule has 2 heterocycles.